The third-order valence-electron chi connectivity index (χ3n) is 5.38. The van der Waals surface area contributed by atoms with E-state index in [2.05, 4.69) is 26.6 Å². The van der Waals surface area contributed by atoms with Gasteiger partial charge in [-0.2, -0.15) is 0 Å². The summed E-state index contributed by atoms with van der Waals surface area (Å²) in [5, 5.41) is 7.21. The minimum Gasteiger partial charge on any atom is -0.457 e. The second kappa shape index (κ2) is 8.05. The number of rotatable bonds is 3. The van der Waals surface area contributed by atoms with E-state index in [1.807, 2.05) is 36.4 Å². The molecule has 9 heteroatoms. The topological polar surface area (TPSA) is 83.8 Å². The number of carbonyl (C=O) groups excluding carboxylic acids is 2. The number of anilines is 1. The maximum atomic E-state index is 12.9. The van der Waals surface area contributed by atoms with Crippen molar-refractivity contribution >= 4 is 44.3 Å². The molecule has 1 atom stereocenters. The van der Waals surface area contributed by atoms with Crippen molar-refractivity contribution in [3.63, 3.8) is 0 Å². The van der Waals surface area contributed by atoms with E-state index in [0.717, 1.165) is 31.2 Å². The van der Waals surface area contributed by atoms with Crippen molar-refractivity contribution in [1.82, 2.24) is 10.2 Å². The predicted octanol–water partition coefficient (Wildman–Crippen LogP) is 5.14. The summed E-state index contributed by atoms with van der Waals surface area (Å²) in [7, 11) is 0. The van der Waals surface area contributed by atoms with E-state index in [1.165, 1.54) is 11.3 Å². The molecule has 2 aliphatic rings. The third kappa shape index (κ3) is 3.72. The number of nitrogens with zero attached hydrogens (tertiary/aromatic N) is 1. The molecule has 0 unspecified atom stereocenters. The number of furan rings is 1. The lowest BCUT2D eigenvalue weighted by Crippen LogP contribution is -2.39. The van der Waals surface area contributed by atoms with Gasteiger partial charge in [0.25, 0.3) is 5.91 Å². The Morgan fingerprint density at radius 1 is 1.32 bits per heavy atom. The number of amides is 2. The lowest BCUT2D eigenvalue weighted by Gasteiger charge is -2.27. The van der Waals surface area contributed by atoms with E-state index < -0.39 is 6.17 Å². The normalized spacial score (nSPS) is 17.4. The second-order valence-corrected chi connectivity index (χ2v) is 9.36. The van der Waals surface area contributed by atoms with Crippen molar-refractivity contribution in [3.05, 3.63) is 62.6 Å². The first kappa shape index (κ1) is 20.1. The maximum Gasteiger partial charge on any atom is 0.410 e. The van der Waals surface area contributed by atoms with Crippen molar-refractivity contribution < 1.29 is 18.7 Å². The Bertz CT molecular complexity index is 1170. The number of hydrogen-bond donors (Lipinski definition) is 2. The fourth-order valence-corrected chi connectivity index (χ4v) is 5.62. The number of nitrogens with one attached hydrogen (secondary N) is 2. The zero-order chi connectivity index (χ0) is 21.5. The minimum atomic E-state index is -0.456. The standard InChI is InChI=1S/C22H20BrN3O4S/c1-2-29-22(28)26-9-8-14-17(11-26)31-21-18(14)20(27)24-19(25-21)16-7-6-15(30-16)12-4-3-5-13(23)10-12/h3-7,10,19,25H,2,8-9,11H2,1H3,(H,24,27)/t19-/m1/s1. The largest absolute Gasteiger partial charge is 0.457 e. The fraction of sp³-hybridized carbons (Fsp3) is 0.273. The van der Waals surface area contributed by atoms with Gasteiger partial charge in [-0.3, -0.25) is 4.79 Å². The first-order valence-electron chi connectivity index (χ1n) is 10.0. The van der Waals surface area contributed by atoms with Gasteiger partial charge in [0.2, 0.25) is 0 Å². The Morgan fingerprint density at radius 2 is 2.19 bits per heavy atom. The molecule has 1 aromatic carbocycles. The van der Waals surface area contributed by atoms with Crippen LogP contribution in [0.2, 0.25) is 0 Å². The van der Waals surface area contributed by atoms with Crippen molar-refractivity contribution in [3.8, 4) is 11.3 Å². The number of fused-ring (bicyclic) bond motifs is 3. The van der Waals surface area contributed by atoms with Crippen LogP contribution in [0.15, 0.2) is 45.3 Å². The minimum absolute atomic E-state index is 0.124. The van der Waals surface area contributed by atoms with Gasteiger partial charge in [-0.1, -0.05) is 28.1 Å². The molecule has 7 nitrogen and oxygen atoms in total. The Balaban J connectivity index is 1.38. The molecule has 2 aromatic heterocycles. The molecule has 4 heterocycles. The zero-order valence-electron chi connectivity index (χ0n) is 16.7. The van der Waals surface area contributed by atoms with E-state index >= 15 is 0 Å². The number of benzene rings is 1. The van der Waals surface area contributed by atoms with Crippen molar-refractivity contribution in [2.24, 2.45) is 0 Å². The molecule has 2 amide bonds. The highest BCUT2D eigenvalue weighted by Gasteiger charge is 2.35. The molecule has 0 aliphatic carbocycles. The summed E-state index contributed by atoms with van der Waals surface area (Å²) < 4.78 is 12.1. The molecule has 2 N–H and O–H groups in total. The predicted molar refractivity (Wildman–Crippen MR) is 121 cm³/mol. The van der Waals surface area contributed by atoms with Gasteiger partial charge in [0, 0.05) is 21.5 Å². The van der Waals surface area contributed by atoms with Gasteiger partial charge in [0.05, 0.1) is 18.7 Å². The van der Waals surface area contributed by atoms with Crippen molar-refractivity contribution in [1.29, 1.82) is 0 Å². The number of thiophene rings is 1. The second-order valence-electron chi connectivity index (χ2n) is 7.34. The van der Waals surface area contributed by atoms with E-state index in [-0.39, 0.29) is 12.0 Å². The molecular weight excluding hydrogens is 482 g/mol. The van der Waals surface area contributed by atoms with Crippen molar-refractivity contribution in [2.45, 2.75) is 26.1 Å². The molecule has 5 rings (SSSR count). The van der Waals surface area contributed by atoms with Crippen LogP contribution in [0.1, 0.15) is 39.6 Å². The molecule has 2 aliphatic heterocycles. The highest BCUT2D eigenvalue weighted by molar-refractivity contribution is 9.10. The van der Waals surface area contributed by atoms with Crippen LogP contribution in [0.5, 0.6) is 0 Å². The van der Waals surface area contributed by atoms with Gasteiger partial charge >= 0.3 is 6.09 Å². The number of halogens is 1. The summed E-state index contributed by atoms with van der Waals surface area (Å²) in [5.41, 5.74) is 2.64. The lowest BCUT2D eigenvalue weighted by atomic mass is 10.0. The quantitative estimate of drug-likeness (QED) is 0.519. The third-order valence-corrected chi connectivity index (χ3v) is 7.02. The summed E-state index contributed by atoms with van der Waals surface area (Å²) in [6.45, 7) is 3.14. The molecule has 0 radical (unpaired) electrons. The molecule has 0 saturated carbocycles. The highest BCUT2D eigenvalue weighted by atomic mass is 79.9. The van der Waals surface area contributed by atoms with Crippen molar-refractivity contribution in [2.75, 3.05) is 18.5 Å². The van der Waals surface area contributed by atoms with Crippen LogP contribution in [0.3, 0.4) is 0 Å². The van der Waals surface area contributed by atoms with E-state index in [0.29, 0.717) is 37.4 Å². The lowest BCUT2D eigenvalue weighted by molar-refractivity contribution is 0.0929. The molecule has 0 bridgehead atoms. The highest BCUT2D eigenvalue weighted by Crippen LogP contribution is 2.41. The molecule has 0 saturated heterocycles. The Kier molecular flexibility index (Phi) is 5.23. The molecular formula is C22H20BrN3O4S. The summed E-state index contributed by atoms with van der Waals surface area (Å²) in [6.07, 6.45) is -0.138. The van der Waals surface area contributed by atoms with E-state index in [9.17, 15) is 9.59 Å². The Hall–Kier alpha value is -2.78. The summed E-state index contributed by atoms with van der Waals surface area (Å²) in [4.78, 5) is 27.7. The first-order chi connectivity index (χ1) is 15.0. The first-order valence-corrected chi connectivity index (χ1v) is 11.6. The zero-order valence-corrected chi connectivity index (χ0v) is 19.1. The van der Waals surface area contributed by atoms with E-state index in [4.69, 9.17) is 9.15 Å². The van der Waals surface area contributed by atoms with Gasteiger partial charge in [0.1, 0.15) is 16.5 Å². The van der Waals surface area contributed by atoms with Crippen LogP contribution in [-0.2, 0) is 17.7 Å². The van der Waals surface area contributed by atoms with Crippen LogP contribution in [0, 0.1) is 0 Å². The summed E-state index contributed by atoms with van der Waals surface area (Å²) >= 11 is 4.99. The number of carbonyl (C=O) groups is 2. The molecule has 3 aromatic rings. The summed E-state index contributed by atoms with van der Waals surface area (Å²) in [5.74, 6) is 1.24. The monoisotopic (exact) mass is 501 g/mol. The average Bonchev–Trinajstić information content (AvgIpc) is 3.38. The van der Waals surface area contributed by atoms with Crippen LogP contribution in [0.4, 0.5) is 9.80 Å². The maximum absolute atomic E-state index is 12.9. The van der Waals surface area contributed by atoms with Gasteiger partial charge in [-0.15, -0.1) is 11.3 Å². The molecule has 31 heavy (non-hydrogen) atoms. The molecule has 0 spiro atoms. The Labute approximate surface area is 191 Å². The van der Waals surface area contributed by atoms with Gasteiger partial charge in [-0.05, 0) is 43.2 Å². The van der Waals surface area contributed by atoms with Crippen LogP contribution >= 0.6 is 27.3 Å². The number of ether oxygens (including phenoxy) is 1. The average molecular weight is 502 g/mol. The van der Waals surface area contributed by atoms with Crippen LogP contribution in [0.25, 0.3) is 11.3 Å². The van der Waals surface area contributed by atoms with Gasteiger partial charge in [-0.25, -0.2) is 4.79 Å². The number of hydrogen-bond acceptors (Lipinski definition) is 6. The summed E-state index contributed by atoms with van der Waals surface area (Å²) in [6, 6.07) is 11.6. The molecule has 0 fully saturated rings. The van der Waals surface area contributed by atoms with E-state index in [1.54, 1.807) is 11.8 Å². The van der Waals surface area contributed by atoms with Crippen LogP contribution < -0.4 is 10.6 Å². The molecule has 160 valence electrons. The fourth-order valence-electron chi connectivity index (χ4n) is 3.93. The van der Waals surface area contributed by atoms with Gasteiger partial charge < -0.3 is 24.7 Å². The Morgan fingerprint density at radius 3 is 3.00 bits per heavy atom. The van der Waals surface area contributed by atoms with Crippen LogP contribution in [-0.4, -0.2) is 30.1 Å². The SMILES string of the molecule is CCOC(=O)N1CCc2c(sc3c2C(=O)N[C@@H](c2ccc(-c4cccc(Br)c4)o2)N3)C1. The van der Waals surface area contributed by atoms with Gasteiger partial charge in [0.15, 0.2) is 6.17 Å². The smallest absolute Gasteiger partial charge is 0.410 e.